The van der Waals surface area contributed by atoms with Gasteiger partial charge < -0.3 is 9.47 Å². The van der Waals surface area contributed by atoms with Gasteiger partial charge in [-0.1, -0.05) is 50.8 Å². The van der Waals surface area contributed by atoms with E-state index < -0.39 is 0 Å². The zero-order valence-electron chi connectivity index (χ0n) is 17.1. The second-order valence-corrected chi connectivity index (χ2v) is 7.79. The van der Waals surface area contributed by atoms with Gasteiger partial charge in [-0.2, -0.15) is 9.78 Å². The Morgan fingerprint density at radius 3 is 2.34 bits per heavy atom. The minimum Gasteiger partial charge on any atom is -0.493 e. The van der Waals surface area contributed by atoms with E-state index in [1.165, 1.54) is 10.7 Å². The number of methoxy groups -OCH3 is 1. The van der Waals surface area contributed by atoms with Gasteiger partial charge in [-0.15, -0.1) is 0 Å². The molecular weight excluding hydrogens is 364 g/mol. The van der Waals surface area contributed by atoms with Crippen molar-refractivity contribution in [2.75, 3.05) is 13.7 Å². The molecule has 0 radical (unpaired) electrons. The first-order valence-electron chi connectivity index (χ1n) is 9.33. The van der Waals surface area contributed by atoms with Gasteiger partial charge >= 0.3 is 0 Å². The molecule has 0 unspecified atom stereocenters. The number of benzene rings is 2. The van der Waals surface area contributed by atoms with Crippen LogP contribution in [-0.4, -0.2) is 23.5 Å². The van der Waals surface area contributed by atoms with Crippen molar-refractivity contribution in [1.82, 2.24) is 9.78 Å². The van der Waals surface area contributed by atoms with Crippen LogP contribution in [0.5, 0.6) is 11.5 Å². The van der Waals surface area contributed by atoms with Crippen LogP contribution in [0.1, 0.15) is 31.9 Å². The molecule has 2 aromatic carbocycles. The first-order chi connectivity index (χ1) is 13.9. The standard InChI is InChI=1S/C24H24N2O3/c1-24(2,3)17-29-21-13-12-20(15-22(21)28-4)26-23(27)14-19(16-25-26)11-10-18-8-6-5-7-9-18/h5-9,12-16H,17H2,1-4H3. The smallest absolute Gasteiger partial charge is 0.272 e. The molecule has 29 heavy (non-hydrogen) atoms. The highest BCUT2D eigenvalue weighted by Crippen LogP contribution is 2.30. The summed E-state index contributed by atoms with van der Waals surface area (Å²) in [7, 11) is 1.57. The van der Waals surface area contributed by atoms with E-state index in [1.807, 2.05) is 30.3 Å². The molecule has 0 aliphatic carbocycles. The Labute approximate surface area is 170 Å². The fourth-order valence-corrected chi connectivity index (χ4v) is 2.54. The van der Waals surface area contributed by atoms with Gasteiger partial charge in [0.15, 0.2) is 11.5 Å². The third-order valence-electron chi connectivity index (χ3n) is 3.98. The minimum absolute atomic E-state index is 0.0266. The second-order valence-electron chi connectivity index (χ2n) is 7.79. The minimum atomic E-state index is -0.268. The fraction of sp³-hybridized carbons (Fsp3) is 0.250. The summed E-state index contributed by atoms with van der Waals surface area (Å²) in [5.74, 6) is 7.18. The highest BCUT2D eigenvalue weighted by Gasteiger charge is 2.14. The van der Waals surface area contributed by atoms with E-state index in [1.54, 1.807) is 31.5 Å². The van der Waals surface area contributed by atoms with E-state index in [2.05, 4.69) is 37.7 Å². The van der Waals surface area contributed by atoms with Gasteiger partial charge in [-0.3, -0.25) is 4.79 Å². The molecule has 0 atom stereocenters. The Kier molecular flexibility index (Phi) is 6.04. The van der Waals surface area contributed by atoms with Crippen molar-refractivity contribution in [3.8, 4) is 29.0 Å². The van der Waals surface area contributed by atoms with Crippen LogP contribution in [0.3, 0.4) is 0 Å². The van der Waals surface area contributed by atoms with Crippen LogP contribution in [0, 0.1) is 17.3 Å². The van der Waals surface area contributed by atoms with Gasteiger partial charge in [-0.25, -0.2) is 0 Å². The van der Waals surface area contributed by atoms with Gasteiger partial charge in [0.25, 0.3) is 5.56 Å². The number of hydrogen-bond acceptors (Lipinski definition) is 4. The number of aromatic nitrogens is 2. The first kappa shape index (κ1) is 20.2. The highest BCUT2D eigenvalue weighted by molar-refractivity contribution is 5.49. The molecule has 0 aliphatic heterocycles. The Morgan fingerprint density at radius 1 is 0.966 bits per heavy atom. The molecule has 0 saturated carbocycles. The molecule has 148 valence electrons. The predicted octanol–water partition coefficient (Wildman–Crippen LogP) is 4.07. The van der Waals surface area contributed by atoms with Crippen molar-refractivity contribution in [3.63, 3.8) is 0 Å². The van der Waals surface area contributed by atoms with Gasteiger partial charge in [0.05, 0.1) is 31.2 Å². The SMILES string of the molecule is COc1cc(-n2ncc(C#Cc3ccccc3)cc2=O)ccc1OCC(C)(C)C. The molecular formula is C24H24N2O3. The van der Waals surface area contributed by atoms with Crippen LogP contribution in [0.15, 0.2) is 65.6 Å². The number of hydrogen-bond donors (Lipinski definition) is 0. The largest absolute Gasteiger partial charge is 0.493 e. The van der Waals surface area contributed by atoms with E-state index in [9.17, 15) is 4.79 Å². The molecule has 0 aliphatic rings. The van der Waals surface area contributed by atoms with E-state index in [4.69, 9.17) is 9.47 Å². The average Bonchev–Trinajstić information content (AvgIpc) is 2.71. The summed E-state index contributed by atoms with van der Waals surface area (Å²) < 4.78 is 12.6. The molecule has 5 nitrogen and oxygen atoms in total. The third kappa shape index (κ3) is 5.49. The van der Waals surface area contributed by atoms with Gasteiger partial charge in [0.1, 0.15) is 0 Å². The van der Waals surface area contributed by atoms with Gasteiger partial charge in [0, 0.05) is 17.7 Å². The maximum atomic E-state index is 12.6. The molecule has 0 amide bonds. The van der Waals surface area contributed by atoms with Crippen molar-refractivity contribution >= 4 is 0 Å². The fourth-order valence-electron chi connectivity index (χ4n) is 2.54. The average molecular weight is 388 g/mol. The second kappa shape index (κ2) is 8.66. The van der Waals surface area contributed by atoms with Crippen LogP contribution in [-0.2, 0) is 0 Å². The van der Waals surface area contributed by atoms with Crippen LogP contribution in [0.4, 0.5) is 0 Å². The summed E-state index contributed by atoms with van der Waals surface area (Å²) >= 11 is 0. The van der Waals surface area contributed by atoms with Gasteiger partial charge in [0.2, 0.25) is 0 Å². The monoisotopic (exact) mass is 388 g/mol. The topological polar surface area (TPSA) is 53.4 Å². The lowest BCUT2D eigenvalue weighted by atomic mass is 9.99. The quantitative estimate of drug-likeness (QED) is 0.633. The number of rotatable bonds is 4. The molecule has 5 heteroatoms. The molecule has 3 aromatic rings. The zero-order valence-corrected chi connectivity index (χ0v) is 17.1. The third-order valence-corrected chi connectivity index (χ3v) is 3.98. The van der Waals surface area contributed by atoms with E-state index in [0.29, 0.717) is 29.4 Å². The summed E-state index contributed by atoms with van der Waals surface area (Å²) in [5, 5.41) is 4.26. The van der Waals surface area contributed by atoms with Crippen molar-refractivity contribution in [2.24, 2.45) is 5.41 Å². The first-order valence-corrected chi connectivity index (χ1v) is 9.33. The van der Waals surface area contributed by atoms with E-state index in [-0.39, 0.29) is 11.0 Å². The lowest BCUT2D eigenvalue weighted by Gasteiger charge is -2.20. The Hall–Kier alpha value is -3.52. The van der Waals surface area contributed by atoms with Crippen molar-refractivity contribution in [1.29, 1.82) is 0 Å². The van der Waals surface area contributed by atoms with Crippen molar-refractivity contribution in [2.45, 2.75) is 20.8 Å². The summed E-state index contributed by atoms with van der Waals surface area (Å²) in [5.41, 5.74) is 1.80. The molecule has 1 heterocycles. The normalized spacial score (nSPS) is 10.8. The van der Waals surface area contributed by atoms with Crippen LogP contribution in [0.2, 0.25) is 0 Å². The number of ether oxygens (including phenoxy) is 2. The summed E-state index contributed by atoms with van der Waals surface area (Å²) in [6, 6.07) is 16.4. The summed E-state index contributed by atoms with van der Waals surface area (Å²) in [6.45, 7) is 6.84. The molecule has 0 spiro atoms. The van der Waals surface area contributed by atoms with E-state index in [0.717, 1.165) is 5.56 Å². The van der Waals surface area contributed by atoms with Crippen molar-refractivity contribution in [3.05, 3.63) is 82.3 Å². The van der Waals surface area contributed by atoms with Crippen LogP contribution < -0.4 is 15.0 Å². The maximum absolute atomic E-state index is 12.6. The van der Waals surface area contributed by atoms with E-state index >= 15 is 0 Å². The Bertz CT molecular complexity index is 1100. The molecule has 0 N–H and O–H groups in total. The van der Waals surface area contributed by atoms with Crippen LogP contribution >= 0.6 is 0 Å². The van der Waals surface area contributed by atoms with Crippen LogP contribution in [0.25, 0.3) is 5.69 Å². The molecule has 0 saturated heterocycles. The maximum Gasteiger partial charge on any atom is 0.272 e. The zero-order chi connectivity index (χ0) is 20.9. The summed E-state index contributed by atoms with van der Waals surface area (Å²) in [4.78, 5) is 12.6. The molecule has 0 bridgehead atoms. The predicted molar refractivity (Wildman–Crippen MR) is 114 cm³/mol. The summed E-state index contributed by atoms with van der Waals surface area (Å²) in [6.07, 6.45) is 1.58. The van der Waals surface area contributed by atoms with Crippen molar-refractivity contribution < 1.29 is 9.47 Å². The lowest BCUT2D eigenvalue weighted by molar-refractivity contribution is 0.191. The van der Waals surface area contributed by atoms with Gasteiger partial charge in [-0.05, 0) is 29.7 Å². The Balaban J connectivity index is 1.85. The molecule has 1 aromatic heterocycles. The molecule has 0 fully saturated rings. The Morgan fingerprint density at radius 2 is 1.69 bits per heavy atom. The lowest BCUT2D eigenvalue weighted by Crippen LogP contribution is -2.20. The molecule has 3 rings (SSSR count). The number of nitrogens with zero attached hydrogens (tertiary/aromatic N) is 2. The highest BCUT2D eigenvalue weighted by atomic mass is 16.5.